The van der Waals surface area contributed by atoms with E-state index in [1.54, 1.807) is 21.1 Å². The van der Waals surface area contributed by atoms with Gasteiger partial charge in [0.15, 0.2) is 0 Å². The smallest absolute Gasteiger partial charge is 0.326 e. The number of hydrogen-bond acceptors (Lipinski definition) is 7. The van der Waals surface area contributed by atoms with Crippen LogP contribution < -0.4 is 9.47 Å². The first-order valence-electron chi connectivity index (χ1n) is 13.5. The van der Waals surface area contributed by atoms with Crippen LogP contribution >= 0.6 is 0 Å². The van der Waals surface area contributed by atoms with Crippen LogP contribution in [-0.2, 0) is 10.2 Å². The van der Waals surface area contributed by atoms with Crippen molar-refractivity contribution in [2.45, 2.75) is 30.8 Å². The molecule has 0 bridgehead atoms. The SMILES string of the molecule is CC#Cc1cc([N+](=O)[O-])n(C(O)[C@H]2OC[C@@H](C(c3ccccc3)(c3ccc(OC)cc3)c3ccc(OC)cc3)[C@@H]2O)c1. The van der Waals surface area contributed by atoms with Crippen LogP contribution in [0.25, 0.3) is 0 Å². The molecule has 1 unspecified atom stereocenters. The molecule has 9 heteroatoms. The summed E-state index contributed by atoms with van der Waals surface area (Å²) < 4.78 is 18.1. The lowest BCUT2D eigenvalue weighted by Gasteiger charge is -2.42. The van der Waals surface area contributed by atoms with Crippen LogP contribution in [0, 0.1) is 27.9 Å². The molecule has 2 heterocycles. The Kier molecular flexibility index (Phi) is 8.31. The number of ether oxygens (including phenoxy) is 3. The van der Waals surface area contributed by atoms with Crippen molar-refractivity contribution in [1.29, 1.82) is 0 Å². The van der Waals surface area contributed by atoms with E-state index in [-0.39, 0.29) is 12.4 Å². The van der Waals surface area contributed by atoms with Gasteiger partial charge in [-0.3, -0.25) is 0 Å². The maximum atomic E-state index is 12.0. The maximum absolute atomic E-state index is 12.0. The molecule has 42 heavy (non-hydrogen) atoms. The van der Waals surface area contributed by atoms with Gasteiger partial charge in [0.2, 0.25) is 6.23 Å². The summed E-state index contributed by atoms with van der Waals surface area (Å²) in [6, 6.07) is 26.4. The molecule has 0 saturated carbocycles. The largest absolute Gasteiger partial charge is 0.497 e. The van der Waals surface area contributed by atoms with Crippen LogP contribution in [0.15, 0.2) is 91.1 Å². The fourth-order valence-electron chi connectivity index (χ4n) is 6.03. The molecule has 0 amide bonds. The predicted octanol–water partition coefficient (Wildman–Crippen LogP) is 4.69. The lowest BCUT2D eigenvalue weighted by molar-refractivity contribution is -0.394. The van der Waals surface area contributed by atoms with E-state index in [0.717, 1.165) is 21.3 Å². The highest BCUT2D eigenvalue weighted by Crippen LogP contribution is 2.51. The van der Waals surface area contributed by atoms with Gasteiger partial charge in [-0.2, -0.15) is 0 Å². The molecule has 4 atom stereocenters. The Hall–Kier alpha value is -4.62. The number of aliphatic hydroxyl groups excluding tert-OH is 2. The molecule has 0 aliphatic carbocycles. The number of nitro groups is 1. The number of methoxy groups -OCH3 is 2. The molecule has 0 radical (unpaired) electrons. The second-order valence-corrected chi connectivity index (χ2v) is 10.1. The van der Waals surface area contributed by atoms with Crippen LogP contribution in [0.2, 0.25) is 0 Å². The maximum Gasteiger partial charge on any atom is 0.326 e. The Morgan fingerprint density at radius 3 is 2.02 bits per heavy atom. The van der Waals surface area contributed by atoms with Crippen molar-refractivity contribution in [1.82, 2.24) is 4.57 Å². The van der Waals surface area contributed by atoms with Crippen molar-refractivity contribution in [3.8, 4) is 23.3 Å². The van der Waals surface area contributed by atoms with Gasteiger partial charge in [0.1, 0.15) is 23.8 Å². The Morgan fingerprint density at radius 2 is 1.52 bits per heavy atom. The number of rotatable bonds is 9. The topological polar surface area (TPSA) is 116 Å². The molecule has 2 N–H and O–H groups in total. The highest BCUT2D eigenvalue weighted by molar-refractivity contribution is 5.54. The summed E-state index contributed by atoms with van der Waals surface area (Å²) in [4.78, 5) is 11.2. The van der Waals surface area contributed by atoms with E-state index in [2.05, 4.69) is 11.8 Å². The number of aromatic nitrogens is 1. The van der Waals surface area contributed by atoms with Crippen molar-refractivity contribution >= 4 is 5.82 Å². The Bertz CT molecular complexity index is 1540. The van der Waals surface area contributed by atoms with E-state index in [9.17, 15) is 20.3 Å². The van der Waals surface area contributed by atoms with Gasteiger partial charge in [-0.1, -0.05) is 60.5 Å². The van der Waals surface area contributed by atoms with Gasteiger partial charge < -0.3 is 34.5 Å². The summed E-state index contributed by atoms with van der Waals surface area (Å²) in [6.45, 7) is 1.68. The Morgan fingerprint density at radius 1 is 0.976 bits per heavy atom. The quantitative estimate of drug-likeness (QED) is 0.130. The van der Waals surface area contributed by atoms with E-state index in [1.165, 1.54) is 12.3 Å². The van der Waals surface area contributed by atoms with Crippen molar-refractivity contribution in [2.75, 3.05) is 20.8 Å². The van der Waals surface area contributed by atoms with E-state index >= 15 is 0 Å². The molecule has 1 aliphatic rings. The molecular weight excluding hydrogens is 536 g/mol. The number of hydrogen-bond donors (Lipinski definition) is 2. The van der Waals surface area contributed by atoms with Gasteiger partial charge in [-0.15, -0.1) is 5.92 Å². The fourth-order valence-corrected chi connectivity index (χ4v) is 6.03. The zero-order valence-electron chi connectivity index (χ0n) is 23.5. The molecule has 3 aromatic carbocycles. The highest BCUT2D eigenvalue weighted by atomic mass is 16.6. The molecule has 1 aromatic heterocycles. The van der Waals surface area contributed by atoms with Crippen molar-refractivity contribution in [3.05, 3.63) is 123 Å². The molecule has 5 rings (SSSR count). The van der Waals surface area contributed by atoms with Gasteiger partial charge >= 0.3 is 5.82 Å². The van der Waals surface area contributed by atoms with Crippen LogP contribution in [-0.4, -0.2) is 52.7 Å². The normalized spacial score (nSPS) is 19.0. The summed E-state index contributed by atoms with van der Waals surface area (Å²) in [5.41, 5.74) is 2.07. The zero-order chi connectivity index (χ0) is 29.9. The summed E-state index contributed by atoms with van der Waals surface area (Å²) >= 11 is 0. The van der Waals surface area contributed by atoms with E-state index in [1.807, 2.05) is 78.9 Å². The van der Waals surface area contributed by atoms with Crippen molar-refractivity contribution < 1.29 is 29.3 Å². The minimum atomic E-state index is -1.54. The Balaban J connectivity index is 1.67. The van der Waals surface area contributed by atoms with Gasteiger partial charge in [0, 0.05) is 5.92 Å². The zero-order valence-corrected chi connectivity index (χ0v) is 23.5. The summed E-state index contributed by atoms with van der Waals surface area (Å²) in [5, 5.41) is 35.2. The lowest BCUT2D eigenvalue weighted by atomic mass is 9.60. The number of nitrogens with zero attached hydrogens (tertiary/aromatic N) is 2. The third-order valence-corrected chi connectivity index (χ3v) is 7.96. The van der Waals surface area contributed by atoms with Gasteiger partial charge in [-0.05, 0) is 52.8 Å². The fraction of sp³-hybridized carbons (Fsp3) is 0.273. The predicted molar refractivity (Wildman–Crippen MR) is 156 cm³/mol. The minimum absolute atomic E-state index is 0.0620. The molecule has 4 aromatic rings. The first kappa shape index (κ1) is 28.9. The molecular formula is C33H32N2O7. The second kappa shape index (κ2) is 12.1. The van der Waals surface area contributed by atoms with Crippen molar-refractivity contribution in [2.24, 2.45) is 5.92 Å². The molecule has 216 valence electrons. The van der Waals surface area contributed by atoms with Gasteiger partial charge in [-0.25, -0.2) is 4.57 Å². The molecule has 1 fully saturated rings. The third-order valence-electron chi connectivity index (χ3n) is 7.96. The molecule has 1 aliphatic heterocycles. The van der Waals surface area contributed by atoms with Crippen LogP contribution in [0.3, 0.4) is 0 Å². The highest BCUT2D eigenvalue weighted by Gasteiger charge is 2.55. The lowest BCUT2D eigenvalue weighted by Crippen LogP contribution is -2.46. The van der Waals surface area contributed by atoms with Crippen LogP contribution in [0.1, 0.15) is 35.4 Å². The molecule has 0 spiro atoms. The van der Waals surface area contributed by atoms with E-state index in [4.69, 9.17) is 14.2 Å². The summed E-state index contributed by atoms with van der Waals surface area (Å²) in [7, 11) is 3.20. The monoisotopic (exact) mass is 568 g/mol. The first-order chi connectivity index (χ1) is 20.3. The van der Waals surface area contributed by atoms with E-state index < -0.39 is 34.7 Å². The number of aliphatic hydroxyl groups is 2. The molecule has 9 nitrogen and oxygen atoms in total. The number of benzene rings is 3. The molecule has 1 saturated heterocycles. The second-order valence-electron chi connectivity index (χ2n) is 10.1. The standard InChI is InChI=1S/C33H32N2O7/c1-4-8-22-19-29(35(38)39)34(20-22)32(37)31-30(36)28(21-42-31)33(23-9-6-5-7-10-23,24-11-15-26(40-2)16-12-24)25-13-17-27(41-3)18-14-25/h5-7,9-20,28,30-32,36-37H,21H2,1-3H3/t28-,30+,31+,32?/m1/s1. The van der Waals surface area contributed by atoms with Crippen LogP contribution in [0.4, 0.5) is 5.82 Å². The first-order valence-corrected chi connectivity index (χ1v) is 13.5. The average molecular weight is 569 g/mol. The Labute approximate surface area is 244 Å². The van der Waals surface area contributed by atoms with Crippen molar-refractivity contribution in [3.63, 3.8) is 0 Å². The third kappa shape index (κ3) is 5.01. The van der Waals surface area contributed by atoms with Gasteiger partial charge in [0.25, 0.3) is 0 Å². The van der Waals surface area contributed by atoms with E-state index in [0.29, 0.717) is 17.1 Å². The van der Waals surface area contributed by atoms with Crippen LogP contribution in [0.5, 0.6) is 11.5 Å². The average Bonchev–Trinajstić information content (AvgIpc) is 3.63. The minimum Gasteiger partial charge on any atom is -0.497 e. The summed E-state index contributed by atoms with van der Waals surface area (Å²) in [5.74, 6) is 5.90. The van der Waals surface area contributed by atoms with Gasteiger partial charge in [0.05, 0.1) is 44.0 Å². The summed E-state index contributed by atoms with van der Waals surface area (Å²) in [6.07, 6.45) is -2.53.